The van der Waals surface area contributed by atoms with E-state index in [9.17, 15) is 0 Å². The average molecular weight is 247 g/mol. The molecule has 90 valence electrons. The van der Waals surface area contributed by atoms with E-state index in [0.29, 0.717) is 0 Å². The second-order valence-corrected chi connectivity index (χ2v) is 4.95. The maximum absolute atomic E-state index is 4.60. The molecule has 0 bridgehead atoms. The van der Waals surface area contributed by atoms with Crippen molar-refractivity contribution in [3.8, 4) is 0 Å². The lowest BCUT2D eigenvalue weighted by atomic mass is 10.2. The van der Waals surface area contributed by atoms with Crippen molar-refractivity contribution in [2.45, 2.75) is 26.2 Å². The summed E-state index contributed by atoms with van der Waals surface area (Å²) in [7, 11) is 1.90. The van der Waals surface area contributed by atoms with Crippen molar-refractivity contribution in [2.24, 2.45) is 0 Å². The van der Waals surface area contributed by atoms with Crippen LogP contribution in [0.5, 0.6) is 0 Å². The first kappa shape index (κ1) is 12.0. The number of aryl methyl sites for hydroxylation is 1. The maximum atomic E-state index is 4.60. The second-order valence-electron chi connectivity index (χ2n) is 3.92. The van der Waals surface area contributed by atoms with Crippen LogP contribution < -0.4 is 5.32 Å². The molecule has 0 fully saturated rings. The Morgan fingerprint density at radius 1 is 1.35 bits per heavy atom. The fourth-order valence-electron chi connectivity index (χ4n) is 1.71. The topological polar surface area (TPSA) is 37.8 Å². The fraction of sp³-hybridized carbons (Fsp3) is 0.385. The number of aromatic nitrogens is 2. The van der Waals surface area contributed by atoms with Gasteiger partial charge in [0.25, 0.3) is 0 Å². The lowest BCUT2D eigenvalue weighted by Crippen LogP contribution is -2.03. The first-order valence-electron chi connectivity index (χ1n) is 5.88. The first-order valence-corrected chi connectivity index (χ1v) is 6.76. The quantitative estimate of drug-likeness (QED) is 0.882. The van der Waals surface area contributed by atoms with Crippen molar-refractivity contribution >= 4 is 17.2 Å². The summed E-state index contributed by atoms with van der Waals surface area (Å²) >= 11 is 1.75. The molecule has 0 aliphatic rings. The standard InChI is InChI=1S/C13H17N3S/c1-3-5-10-8-12(14-2)16-13(15-10)9-11-6-4-7-17-11/h4,6-8H,3,5,9H2,1-2H3,(H,14,15,16). The van der Waals surface area contributed by atoms with Gasteiger partial charge in [0, 0.05) is 30.1 Å². The Morgan fingerprint density at radius 3 is 2.88 bits per heavy atom. The molecule has 0 aromatic carbocycles. The normalized spacial score (nSPS) is 10.5. The fourth-order valence-corrected chi connectivity index (χ4v) is 2.41. The van der Waals surface area contributed by atoms with Crippen LogP contribution in [0.4, 0.5) is 5.82 Å². The number of hydrogen-bond donors (Lipinski definition) is 1. The van der Waals surface area contributed by atoms with Gasteiger partial charge in [-0.15, -0.1) is 11.3 Å². The van der Waals surface area contributed by atoms with E-state index in [-0.39, 0.29) is 0 Å². The molecule has 2 heterocycles. The highest BCUT2D eigenvalue weighted by Crippen LogP contribution is 2.15. The molecule has 0 spiro atoms. The summed E-state index contributed by atoms with van der Waals surface area (Å²) in [6.07, 6.45) is 2.94. The Balaban J connectivity index is 2.23. The molecule has 0 amide bonds. The van der Waals surface area contributed by atoms with E-state index in [2.05, 4.69) is 39.7 Å². The summed E-state index contributed by atoms with van der Waals surface area (Å²) in [5, 5.41) is 5.19. The monoisotopic (exact) mass is 247 g/mol. The number of nitrogens with one attached hydrogen (secondary N) is 1. The minimum atomic E-state index is 0.823. The van der Waals surface area contributed by atoms with Crippen molar-refractivity contribution in [2.75, 3.05) is 12.4 Å². The van der Waals surface area contributed by atoms with Crippen molar-refractivity contribution in [1.82, 2.24) is 9.97 Å². The number of rotatable bonds is 5. The SMILES string of the molecule is CCCc1cc(NC)nc(Cc2cccs2)n1. The van der Waals surface area contributed by atoms with Crippen LogP contribution in [0, 0.1) is 0 Å². The molecule has 0 aliphatic carbocycles. The van der Waals surface area contributed by atoms with E-state index >= 15 is 0 Å². The smallest absolute Gasteiger partial charge is 0.136 e. The zero-order chi connectivity index (χ0) is 12.1. The third-order valence-corrected chi connectivity index (χ3v) is 3.38. The largest absolute Gasteiger partial charge is 0.373 e. The molecule has 17 heavy (non-hydrogen) atoms. The molecule has 0 aliphatic heterocycles. The summed E-state index contributed by atoms with van der Waals surface area (Å²) in [5.74, 6) is 1.82. The Kier molecular flexibility index (Phi) is 4.09. The Hall–Kier alpha value is -1.42. The molecule has 0 radical (unpaired) electrons. The van der Waals surface area contributed by atoms with E-state index in [1.165, 1.54) is 4.88 Å². The second kappa shape index (κ2) is 5.77. The molecule has 0 unspecified atom stereocenters. The lowest BCUT2D eigenvalue weighted by molar-refractivity contribution is 0.845. The van der Waals surface area contributed by atoms with Crippen LogP contribution in [-0.2, 0) is 12.8 Å². The van der Waals surface area contributed by atoms with Crippen LogP contribution in [0.1, 0.15) is 29.7 Å². The van der Waals surface area contributed by atoms with Crippen LogP contribution in [0.15, 0.2) is 23.6 Å². The highest BCUT2D eigenvalue weighted by Gasteiger charge is 2.05. The van der Waals surface area contributed by atoms with Crippen LogP contribution >= 0.6 is 11.3 Å². The van der Waals surface area contributed by atoms with Gasteiger partial charge in [-0.25, -0.2) is 9.97 Å². The predicted octanol–water partition coefficient (Wildman–Crippen LogP) is 3.12. The van der Waals surface area contributed by atoms with Gasteiger partial charge < -0.3 is 5.32 Å². The van der Waals surface area contributed by atoms with Gasteiger partial charge in [0.05, 0.1) is 0 Å². The van der Waals surface area contributed by atoms with Crippen LogP contribution in [0.3, 0.4) is 0 Å². The highest BCUT2D eigenvalue weighted by molar-refractivity contribution is 7.09. The summed E-state index contributed by atoms with van der Waals surface area (Å²) in [5.41, 5.74) is 1.12. The molecule has 2 rings (SSSR count). The number of hydrogen-bond acceptors (Lipinski definition) is 4. The molecule has 3 nitrogen and oxygen atoms in total. The Bertz CT molecular complexity index is 466. The van der Waals surface area contributed by atoms with E-state index < -0.39 is 0 Å². The van der Waals surface area contributed by atoms with E-state index in [4.69, 9.17) is 0 Å². The van der Waals surface area contributed by atoms with Gasteiger partial charge in [-0.1, -0.05) is 19.4 Å². The van der Waals surface area contributed by atoms with Crippen molar-refractivity contribution in [1.29, 1.82) is 0 Å². The predicted molar refractivity (Wildman–Crippen MR) is 72.7 cm³/mol. The highest BCUT2D eigenvalue weighted by atomic mass is 32.1. The van der Waals surface area contributed by atoms with Crippen LogP contribution in [0.25, 0.3) is 0 Å². The molecule has 1 N–H and O–H groups in total. The van der Waals surface area contributed by atoms with Gasteiger partial charge in [0.2, 0.25) is 0 Å². The average Bonchev–Trinajstić information content (AvgIpc) is 2.82. The van der Waals surface area contributed by atoms with Gasteiger partial charge in [-0.3, -0.25) is 0 Å². The van der Waals surface area contributed by atoms with Crippen molar-refractivity contribution < 1.29 is 0 Å². The molecular weight excluding hydrogens is 230 g/mol. The molecule has 0 saturated carbocycles. The zero-order valence-electron chi connectivity index (χ0n) is 10.2. The van der Waals surface area contributed by atoms with Gasteiger partial charge in [-0.05, 0) is 17.9 Å². The summed E-state index contributed by atoms with van der Waals surface area (Å²) in [6, 6.07) is 6.22. The molecule has 0 atom stereocenters. The number of thiophene rings is 1. The van der Waals surface area contributed by atoms with Crippen molar-refractivity contribution in [3.05, 3.63) is 40.0 Å². The molecular formula is C13H17N3S. The summed E-state index contributed by atoms with van der Waals surface area (Å²) in [4.78, 5) is 10.4. The Morgan fingerprint density at radius 2 is 2.24 bits per heavy atom. The molecule has 2 aromatic heterocycles. The van der Waals surface area contributed by atoms with E-state index in [0.717, 1.165) is 36.6 Å². The van der Waals surface area contributed by atoms with Gasteiger partial charge in [0.1, 0.15) is 11.6 Å². The van der Waals surface area contributed by atoms with E-state index in [1.807, 2.05) is 13.1 Å². The third kappa shape index (κ3) is 3.27. The third-order valence-electron chi connectivity index (χ3n) is 2.50. The summed E-state index contributed by atoms with van der Waals surface area (Å²) < 4.78 is 0. The minimum absolute atomic E-state index is 0.823. The van der Waals surface area contributed by atoms with E-state index in [1.54, 1.807) is 11.3 Å². The lowest BCUT2D eigenvalue weighted by Gasteiger charge is -2.06. The van der Waals surface area contributed by atoms with Gasteiger partial charge in [-0.2, -0.15) is 0 Å². The Labute approximate surface area is 106 Å². The van der Waals surface area contributed by atoms with Crippen molar-refractivity contribution in [3.63, 3.8) is 0 Å². The number of nitrogens with zero attached hydrogens (tertiary/aromatic N) is 2. The maximum Gasteiger partial charge on any atom is 0.136 e. The molecule has 0 saturated heterocycles. The first-order chi connectivity index (χ1) is 8.31. The van der Waals surface area contributed by atoms with Crippen LogP contribution in [0.2, 0.25) is 0 Å². The molecule has 4 heteroatoms. The van der Waals surface area contributed by atoms with Gasteiger partial charge >= 0.3 is 0 Å². The van der Waals surface area contributed by atoms with Crippen LogP contribution in [-0.4, -0.2) is 17.0 Å². The minimum Gasteiger partial charge on any atom is -0.373 e. The number of anilines is 1. The zero-order valence-corrected chi connectivity index (χ0v) is 11.0. The molecule has 2 aromatic rings. The van der Waals surface area contributed by atoms with Gasteiger partial charge in [0.15, 0.2) is 0 Å². The summed E-state index contributed by atoms with van der Waals surface area (Å²) in [6.45, 7) is 2.17.